The third-order valence-electron chi connectivity index (χ3n) is 3.50. The minimum Gasteiger partial charge on any atom is -0.497 e. The van der Waals surface area contributed by atoms with E-state index in [1.807, 2.05) is 42.7 Å². The van der Waals surface area contributed by atoms with Gasteiger partial charge in [0.1, 0.15) is 11.5 Å². The lowest BCUT2D eigenvalue weighted by atomic mass is 10.2. The summed E-state index contributed by atoms with van der Waals surface area (Å²) in [7, 11) is 3.22. The molecule has 5 nitrogen and oxygen atoms in total. The van der Waals surface area contributed by atoms with Crippen molar-refractivity contribution in [1.82, 2.24) is 4.57 Å². The van der Waals surface area contributed by atoms with E-state index in [0.717, 1.165) is 28.4 Å². The molecule has 1 aromatic heterocycles. The van der Waals surface area contributed by atoms with Crippen molar-refractivity contribution < 1.29 is 19.4 Å². The van der Waals surface area contributed by atoms with Crippen LogP contribution in [0.25, 0.3) is 5.69 Å². The Kier molecular flexibility index (Phi) is 4.21. The minimum absolute atomic E-state index is 0.00591. The van der Waals surface area contributed by atoms with E-state index in [-0.39, 0.29) is 6.42 Å². The van der Waals surface area contributed by atoms with Gasteiger partial charge in [0, 0.05) is 17.5 Å². The van der Waals surface area contributed by atoms with Crippen molar-refractivity contribution in [2.45, 2.75) is 20.3 Å². The van der Waals surface area contributed by atoms with Crippen molar-refractivity contribution >= 4 is 5.97 Å². The van der Waals surface area contributed by atoms with Gasteiger partial charge in [-0.3, -0.25) is 4.79 Å². The lowest BCUT2D eigenvalue weighted by molar-refractivity contribution is -0.136. The highest BCUT2D eigenvalue weighted by molar-refractivity contribution is 5.71. The van der Waals surface area contributed by atoms with Crippen LogP contribution in [0.15, 0.2) is 24.3 Å². The van der Waals surface area contributed by atoms with Gasteiger partial charge in [-0.1, -0.05) is 0 Å². The average molecular weight is 289 g/mol. The molecule has 0 radical (unpaired) electrons. The standard InChI is InChI=1S/C16H19NO4/c1-10-7-12(8-16(18)19)11(2)17(10)14-9-13(20-3)5-6-15(14)21-4/h5-7,9H,8H2,1-4H3,(H,18,19). The molecule has 0 saturated heterocycles. The van der Waals surface area contributed by atoms with Crippen molar-refractivity contribution in [3.05, 3.63) is 41.2 Å². The molecule has 0 unspecified atom stereocenters. The fourth-order valence-electron chi connectivity index (χ4n) is 2.51. The Labute approximate surface area is 123 Å². The predicted molar refractivity (Wildman–Crippen MR) is 79.7 cm³/mol. The number of methoxy groups -OCH3 is 2. The smallest absolute Gasteiger partial charge is 0.307 e. The summed E-state index contributed by atoms with van der Waals surface area (Å²) < 4.78 is 12.7. The van der Waals surface area contributed by atoms with E-state index >= 15 is 0 Å². The topological polar surface area (TPSA) is 60.7 Å². The second kappa shape index (κ2) is 5.91. The van der Waals surface area contributed by atoms with Crippen molar-refractivity contribution in [1.29, 1.82) is 0 Å². The van der Waals surface area contributed by atoms with Gasteiger partial charge in [-0.25, -0.2) is 0 Å². The molecular weight excluding hydrogens is 270 g/mol. The molecule has 2 rings (SSSR count). The third-order valence-corrected chi connectivity index (χ3v) is 3.50. The minimum atomic E-state index is -0.840. The molecule has 0 saturated carbocycles. The summed E-state index contributed by atoms with van der Waals surface area (Å²) in [5, 5.41) is 8.99. The molecule has 21 heavy (non-hydrogen) atoms. The van der Waals surface area contributed by atoms with E-state index in [1.165, 1.54) is 0 Å². The Hall–Kier alpha value is -2.43. The first-order chi connectivity index (χ1) is 9.97. The number of nitrogens with zero attached hydrogens (tertiary/aromatic N) is 1. The van der Waals surface area contributed by atoms with Crippen molar-refractivity contribution in [2.75, 3.05) is 14.2 Å². The Balaban J connectivity index is 2.61. The van der Waals surface area contributed by atoms with Gasteiger partial charge in [-0.2, -0.15) is 0 Å². The molecule has 1 N–H and O–H groups in total. The molecule has 0 spiro atoms. The summed E-state index contributed by atoms with van der Waals surface area (Å²) in [5.74, 6) is 0.588. The number of benzene rings is 1. The molecule has 112 valence electrons. The highest BCUT2D eigenvalue weighted by atomic mass is 16.5. The van der Waals surface area contributed by atoms with Gasteiger partial charge in [-0.15, -0.1) is 0 Å². The second-order valence-corrected chi connectivity index (χ2v) is 4.84. The predicted octanol–water partition coefficient (Wildman–Crippen LogP) is 2.74. The monoisotopic (exact) mass is 289 g/mol. The number of hydrogen-bond donors (Lipinski definition) is 1. The van der Waals surface area contributed by atoms with E-state index in [9.17, 15) is 4.79 Å². The Morgan fingerprint density at radius 2 is 1.90 bits per heavy atom. The molecule has 0 aliphatic rings. The SMILES string of the molecule is COc1ccc(OC)c(-n2c(C)cc(CC(=O)O)c2C)c1. The Morgan fingerprint density at radius 1 is 1.19 bits per heavy atom. The van der Waals surface area contributed by atoms with Crippen LogP contribution in [0.3, 0.4) is 0 Å². The second-order valence-electron chi connectivity index (χ2n) is 4.84. The van der Waals surface area contributed by atoms with Crippen LogP contribution in [0.5, 0.6) is 11.5 Å². The van der Waals surface area contributed by atoms with E-state index in [0.29, 0.717) is 5.75 Å². The first kappa shape index (κ1) is 15.0. The fraction of sp³-hybridized carbons (Fsp3) is 0.312. The molecule has 0 bridgehead atoms. The third kappa shape index (κ3) is 2.86. The van der Waals surface area contributed by atoms with Gasteiger partial charge in [0.25, 0.3) is 0 Å². The number of aromatic nitrogens is 1. The number of carboxylic acid groups (broad SMARTS) is 1. The molecule has 1 heterocycles. The largest absolute Gasteiger partial charge is 0.497 e. The zero-order valence-electron chi connectivity index (χ0n) is 12.6. The van der Waals surface area contributed by atoms with Gasteiger partial charge >= 0.3 is 5.97 Å². The van der Waals surface area contributed by atoms with Crippen LogP contribution >= 0.6 is 0 Å². The number of aryl methyl sites for hydroxylation is 1. The Morgan fingerprint density at radius 3 is 2.48 bits per heavy atom. The lowest BCUT2D eigenvalue weighted by Crippen LogP contribution is -2.05. The molecule has 0 atom stereocenters. The molecule has 5 heteroatoms. The number of hydrogen-bond acceptors (Lipinski definition) is 3. The van der Waals surface area contributed by atoms with Crippen LogP contribution in [-0.2, 0) is 11.2 Å². The summed E-state index contributed by atoms with van der Waals surface area (Å²) >= 11 is 0. The van der Waals surface area contributed by atoms with Crippen molar-refractivity contribution in [3.63, 3.8) is 0 Å². The average Bonchev–Trinajstić information content (AvgIpc) is 2.72. The number of rotatable bonds is 5. The zero-order valence-corrected chi connectivity index (χ0v) is 12.6. The lowest BCUT2D eigenvalue weighted by Gasteiger charge is -2.15. The summed E-state index contributed by atoms with van der Waals surface area (Å²) in [4.78, 5) is 10.9. The number of aliphatic carboxylic acids is 1. The Bertz CT molecular complexity index is 673. The van der Waals surface area contributed by atoms with Gasteiger partial charge in [0.2, 0.25) is 0 Å². The fourth-order valence-corrected chi connectivity index (χ4v) is 2.51. The first-order valence-electron chi connectivity index (χ1n) is 6.60. The van der Waals surface area contributed by atoms with Crippen LogP contribution in [0.4, 0.5) is 0 Å². The maximum Gasteiger partial charge on any atom is 0.307 e. The highest BCUT2D eigenvalue weighted by Gasteiger charge is 2.16. The molecule has 0 aliphatic heterocycles. The van der Waals surface area contributed by atoms with E-state index < -0.39 is 5.97 Å². The van der Waals surface area contributed by atoms with Crippen LogP contribution < -0.4 is 9.47 Å². The number of carboxylic acids is 1. The maximum absolute atomic E-state index is 10.9. The molecule has 0 aliphatic carbocycles. The van der Waals surface area contributed by atoms with Crippen LogP contribution in [0.1, 0.15) is 17.0 Å². The normalized spacial score (nSPS) is 10.5. The maximum atomic E-state index is 10.9. The van der Waals surface area contributed by atoms with Crippen molar-refractivity contribution in [3.8, 4) is 17.2 Å². The zero-order chi connectivity index (χ0) is 15.6. The molecular formula is C16H19NO4. The van der Waals surface area contributed by atoms with E-state index in [4.69, 9.17) is 14.6 Å². The van der Waals surface area contributed by atoms with Crippen LogP contribution in [-0.4, -0.2) is 29.9 Å². The summed E-state index contributed by atoms with van der Waals surface area (Å²) in [6, 6.07) is 7.43. The van der Waals surface area contributed by atoms with E-state index in [1.54, 1.807) is 14.2 Å². The van der Waals surface area contributed by atoms with Gasteiger partial charge in [0.05, 0.1) is 26.3 Å². The molecule has 1 aromatic carbocycles. The quantitative estimate of drug-likeness (QED) is 0.919. The molecule has 2 aromatic rings. The molecule has 0 amide bonds. The van der Waals surface area contributed by atoms with Crippen molar-refractivity contribution in [2.24, 2.45) is 0 Å². The van der Waals surface area contributed by atoms with Gasteiger partial charge in [-0.05, 0) is 37.6 Å². The number of carbonyl (C=O) groups is 1. The van der Waals surface area contributed by atoms with Gasteiger partial charge < -0.3 is 19.1 Å². The van der Waals surface area contributed by atoms with Gasteiger partial charge in [0.15, 0.2) is 0 Å². The molecule has 0 fully saturated rings. The number of ether oxygens (including phenoxy) is 2. The van der Waals surface area contributed by atoms with E-state index in [2.05, 4.69) is 0 Å². The highest BCUT2D eigenvalue weighted by Crippen LogP contribution is 2.31. The summed E-state index contributed by atoms with van der Waals surface area (Å²) in [6.07, 6.45) is 0.00591. The summed E-state index contributed by atoms with van der Waals surface area (Å²) in [5.41, 5.74) is 3.48. The van der Waals surface area contributed by atoms with Crippen LogP contribution in [0.2, 0.25) is 0 Å². The first-order valence-corrected chi connectivity index (χ1v) is 6.60. The van der Waals surface area contributed by atoms with Crippen LogP contribution in [0, 0.1) is 13.8 Å². The summed E-state index contributed by atoms with van der Waals surface area (Å²) in [6.45, 7) is 3.85.